The van der Waals surface area contributed by atoms with Gasteiger partial charge in [0.15, 0.2) is 0 Å². The van der Waals surface area contributed by atoms with Crippen molar-refractivity contribution < 1.29 is 14.3 Å². The van der Waals surface area contributed by atoms with Crippen LogP contribution in [0.25, 0.3) is 0 Å². The van der Waals surface area contributed by atoms with Gasteiger partial charge in [-0.1, -0.05) is 42.5 Å². The fourth-order valence-electron chi connectivity index (χ4n) is 2.67. The van der Waals surface area contributed by atoms with Gasteiger partial charge in [0.1, 0.15) is 5.75 Å². The van der Waals surface area contributed by atoms with Gasteiger partial charge in [-0.25, -0.2) is 4.79 Å². The molecule has 2 aromatic carbocycles. The predicted molar refractivity (Wildman–Crippen MR) is 111 cm³/mol. The highest BCUT2D eigenvalue weighted by Gasteiger charge is 2.11. The summed E-state index contributed by atoms with van der Waals surface area (Å²) in [6, 6.07) is 20.4. The highest BCUT2D eigenvalue weighted by Crippen LogP contribution is 2.20. The molecule has 0 spiro atoms. The number of ketones is 1. The number of amides is 2. The summed E-state index contributed by atoms with van der Waals surface area (Å²) in [5.74, 6) is 0.816. The average Bonchev–Trinajstić information content (AvgIpc) is 3.22. The zero-order valence-corrected chi connectivity index (χ0v) is 16.4. The van der Waals surface area contributed by atoms with Crippen LogP contribution in [0.1, 0.15) is 25.7 Å². The lowest BCUT2D eigenvalue weighted by Crippen LogP contribution is -2.36. The number of ether oxygens (including phenoxy) is 1. The third-order valence-electron chi connectivity index (χ3n) is 4.20. The van der Waals surface area contributed by atoms with Gasteiger partial charge in [-0.05, 0) is 36.2 Å². The van der Waals surface area contributed by atoms with Crippen LogP contribution < -0.4 is 15.4 Å². The normalized spacial score (nSPS) is 10.3. The first-order valence-corrected chi connectivity index (χ1v) is 9.80. The lowest BCUT2D eigenvalue weighted by Gasteiger charge is -2.07. The molecule has 0 bridgehead atoms. The summed E-state index contributed by atoms with van der Waals surface area (Å²) in [5.41, 5.74) is 1.79. The van der Waals surface area contributed by atoms with Crippen molar-refractivity contribution in [2.75, 3.05) is 13.7 Å². The second-order valence-electron chi connectivity index (χ2n) is 6.17. The molecular weight excluding hydrogens is 372 g/mol. The summed E-state index contributed by atoms with van der Waals surface area (Å²) in [6.45, 7) is 0.932. The number of urea groups is 1. The number of rotatable bonds is 8. The van der Waals surface area contributed by atoms with Gasteiger partial charge in [0.05, 0.1) is 18.5 Å². The van der Waals surface area contributed by atoms with Crippen LogP contribution in [0.3, 0.4) is 0 Å². The fraction of sp³-hybridized carbons (Fsp3) is 0.182. The summed E-state index contributed by atoms with van der Waals surface area (Å²) in [7, 11) is 1.63. The van der Waals surface area contributed by atoms with Crippen LogP contribution in [0, 0.1) is 0 Å². The van der Waals surface area contributed by atoms with E-state index in [0.717, 1.165) is 22.6 Å². The monoisotopic (exact) mass is 394 g/mol. The Morgan fingerprint density at radius 2 is 1.68 bits per heavy atom. The third kappa shape index (κ3) is 5.44. The van der Waals surface area contributed by atoms with Gasteiger partial charge < -0.3 is 15.4 Å². The Hall–Kier alpha value is -3.12. The Morgan fingerprint density at radius 1 is 0.929 bits per heavy atom. The third-order valence-corrected chi connectivity index (χ3v) is 5.29. The molecule has 0 aliphatic heterocycles. The lowest BCUT2D eigenvalue weighted by atomic mass is 10.1. The number of hydrogen-bond donors (Lipinski definition) is 2. The van der Waals surface area contributed by atoms with Gasteiger partial charge in [-0.2, -0.15) is 0 Å². The summed E-state index contributed by atoms with van der Waals surface area (Å²) in [6.07, 6.45) is 0.742. The first kappa shape index (κ1) is 19.6. The molecule has 5 nitrogen and oxygen atoms in total. The number of carbonyl (C=O) groups is 2. The van der Waals surface area contributed by atoms with Crippen LogP contribution in [0.5, 0.6) is 5.75 Å². The van der Waals surface area contributed by atoms with Gasteiger partial charge in [0.25, 0.3) is 0 Å². The van der Waals surface area contributed by atoms with E-state index in [2.05, 4.69) is 10.6 Å². The van der Waals surface area contributed by atoms with Crippen LogP contribution in [0.2, 0.25) is 0 Å². The molecule has 0 atom stereocenters. The Balaban J connectivity index is 1.42. The van der Waals surface area contributed by atoms with Crippen molar-refractivity contribution in [1.82, 2.24) is 10.6 Å². The van der Waals surface area contributed by atoms with Crippen molar-refractivity contribution in [3.63, 3.8) is 0 Å². The number of benzene rings is 2. The highest BCUT2D eigenvalue weighted by atomic mass is 32.1. The molecular formula is C22H22N2O3S. The Morgan fingerprint density at radius 3 is 2.39 bits per heavy atom. The van der Waals surface area contributed by atoms with Crippen molar-refractivity contribution >= 4 is 23.2 Å². The number of hydrogen-bond acceptors (Lipinski definition) is 4. The summed E-state index contributed by atoms with van der Waals surface area (Å²) in [4.78, 5) is 26.0. The predicted octanol–water partition coefficient (Wildman–Crippen LogP) is 4.03. The van der Waals surface area contributed by atoms with E-state index in [1.165, 1.54) is 11.3 Å². The topological polar surface area (TPSA) is 67.4 Å². The molecule has 0 aliphatic carbocycles. The van der Waals surface area contributed by atoms with Gasteiger partial charge in [0.2, 0.25) is 5.78 Å². The molecule has 3 aromatic rings. The molecule has 0 unspecified atom stereocenters. The molecule has 2 N–H and O–H groups in total. The van der Waals surface area contributed by atoms with Crippen molar-refractivity contribution in [1.29, 1.82) is 0 Å². The van der Waals surface area contributed by atoms with Crippen LogP contribution in [0.4, 0.5) is 4.79 Å². The molecule has 28 heavy (non-hydrogen) atoms. The van der Waals surface area contributed by atoms with Crippen molar-refractivity contribution in [2.45, 2.75) is 13.0 Å². The van der Waals surface area contributed by atoms with Crippen LogP contribution >= 0.6 is 11.3 Å². The SMILES string of the molecule is COc1ccc(CCNC(=O)NCc2ccc(C(=O)c3ccccc3)s2)cc1. The Kier molecular flexibility index (Phi) is 6.81. The quantitative estimate of drug-likeness (QED) is 0.567. The number of methoxy groups -OCH3 is 1. The minimum absolute atomic E-state index is 0.000734. The van der Waals surface area contributed by atoms with Gasteiger partial charge in [-0.3, -0.25) is 4.79 Å². The maximum absolute atomic E-state index is 12.4. The van der Waals surface area contributed by atoms with Gasteiger partial charge in [0, 0.05) is 17.0 Å². The van der Waals surface area contributed by atoms with E-state index in [0.29, 0.717) is 23.5 Å². The molecule has 144 valence electrons. The molecule has 2 amide bonds. The van der Waals surface area contributed by atoms with Crippen LogP contribution in [-0.2, 0) is 13.0 Å². The Labute approximate surface area is 168 Å². The van der Waals surface area contributed by atoms with E-state index in [1.54, 1.807) is 25.3 Å². The fourth-order valence-corrected chi connectivity index (χ4v) is 3.58. The largest absolute Gasteiger partial charge is 0.497 e. The summed E-state index contributed by atoms with van der Waals surface area (Å²) < 4.78 is 5.13. The maximum Gasteiger partial charge on any atom is 0.315 e. The molecule has 3 rings (SSSR count). The summed E-state index contributed by atoms with van der Waals surface area (Å²) >= 11 is 1.40. The second kappa shape index (κ2) is 9.71. The van der Waals surface area contributed by atoms with Gasteiger partial charge in [-0.15, -0.1) is 11.3 Å². The molecule has 0 aliphatic rings. The molecule has 1 aromatic heterocycles. The second-order valence-corrected chi connectivity index (χ2v) is 7.34. The van der Waals surface area contributed by atoms with E-state index in [4.69, 9.17) is 4.74 Å². The standard InChI is InChI=1S/C22H22N2O3S/c1-27-18-9-7-16(8-10-18)13-14-23-22(26)24-15-19-11-12-20(28-19)21(25)17-5-3-2-4-6-17/h2-12H,13-15H2,1H3,(H2,23,24,26). The first-order chi connectivity index (χ1) is 13.7. The van der Waals surface area contributed by atoms with E-state index in [1.807, 2.05) is 48.5 Å². The Bertz CT molecular complexity index is 920. The van der Waals surface area contributed by atoms with E-state index < -0.39 is 0 Å². The molecule has 6 heteroatoms. The zero-order chi connectivity index (χ0) is 19.8. The van der Waals surface area contributed by atoms with Gasteiger partial charge >= 0.3 is 6.03 Å². The molecule has 0 saturated carbocycles. The molecule has 0 saturated heterocycles. The summed E-state index contributed by atoms with van der Waals surface area (Å²) in [5, 5.41) is 5.67. The first-order valence-electron chi connectivity index (χ1n) is 8.99. The van der Waals surface area contributed by atoms with Crippen molar-refractivity contribution in [2.24, 2.45) is 0 Å². The van der Waals surface area contributed by atoms with Crippen molar-refractivity contribution in [3.05, 3.63) is 87.6 Å². The number of nitrogens with one attached hydrogen (secondary N) is 2. The minimum Gasteiger partial charge on any atom is -0.497 e. The average molecular weight is 394 g/mol. The molecule has 1 heterocycles. The maximum atomic E-state index is 12.4. The zero-order valence-electron chi connectivity index (χ0n) is 15.6. The van der Waals surface area contributed by atoms with E-state index >= 15 is 0 Å². The van der Waals surface area contributed by atoms with E-state index in [9.17, 15) is 9.59 Å². The molecule has 0 radical (unpaired) electrons. The number of thiophene rings is 1. The van der Waals surface area contributed by atoms with E-state index in [-0.39, 0.29) is 11.8 Å². The van der Waals surface area contributed by atoms with Crippen LogP contribution in [-0.4, -0.2) is 25.5 Å². The lowest BCUT2D eigenvalue weighted by molar-refractivity contribution is 0.104. The minimum atomic E-state index is -0.224. The molecule has 0 fully saturated rings. The smallest absolute Gasteiger partial charge is 0.315 e. The van der Waals surface area contributed by atoms with Crippen molar-refractivity contribution in [3.8, 4) is 5.75 Å². The highest BCUT2D eigenvalue weighted by molar-refractivity contribution is 7.14. The number of carbonyl (C=O) groups excluding carboxylic acids is 2. The van der Waals surface area contributed by atoms with Crippen LogP contribution in [0.15, 0.2) is 66.7 Å².